The molecule has 24 heavy (non-hydrogen) atoms. The van der Waals surface area contributed by atoms with Crippen molar-refractivity contribution in [2.75, 3.05) is 20.1 Å². The van der Waals surface area contributed by atoms with Gasteiger partial charge in [0.05, 0.1) is 0 Å². The van der Waals surface area contributed by atoms with Crippen molar-refractivity contribution in [3.05, 3.63) is 35.6 Å². The first-order chi connectivity index (χ1) is 11.3. The van der Waals surface area contributed by atoms with E-state index in [1.54, 1.807) is 25.2 Å². The molecule has 0 aliphatic rings. The van der Waals surface area contributed by atoms with Gasteiger partial charge in [-0.3, -0.25) is 4.99 Å². The Morgan fingerprint density at radius 2 is 1.83 bits per heavy atom. The molecule has 1 rings (SSSR count). The molecule has 0 atom stereocenters. The van der Waals surface area contributed by atoms with Crippen molar-refractivity contribution in [2.45, 2.75) is 39.3 Å². The van der Waals surface area contributed by atoms with Crippen LogP contribution in [0.3, 0.4) is 0 Å². The van der Waals surface area contributed by atoms with Crippen LogP contribution in [0.2, 0.25) is 0 Å². The summed E-state index contributed by atoms with van der Waals surface area (Å²) in [6.45, 7) is 6.92. The molecule has 0 bridgehead atoms. The number of hydrogen-bond donors (Lipinski definition) is 3. The number of nitrogens with zero attached hydrogens (tertiary/aromatic N) is 1. The van der Waals surface area contributed by atoms with E-state index in [1.165, 1.54) is 6.07 Å². The predicted molar refractivity (Wildman–Crippen MR) is 93.5 cm³/mol. The van der Waals surface area contributed by atoms with Gasteiger partial charge in [-0.15, -0.1) is 0 Å². The molecule has 0 heterocycles. The normalized spacial score (nSPS) is 11.8. The molecule has 0 aliphatic carbocycles. The van der Waals surface area contributed by atoms with Crippen molar-refractivity contribution in [1.29, 1.82) is 0 Å². The second-order valence-electron chi connectivity index (χ2n) is 6.23. The van der Waals surface area contributed by atoms with E-state index in [4.69, 9.17) is 4.74 Å². The molecule has 0 radical (unpaired) electrons. The largest absolute Gasteiger partial charge is 0.444 e. The van der Waals surface area contributed by atoms with Crippen molar-refractivity contribution in [2.24, 2.45) is 4.99 Å². The van der Waals surface area contributed by atoms with Gasteiger partial charge >= 0.3 is 6.09 Å². The maximum Gasteiger partial charge on any atom is 0.407 e. The Hall–Kier alpha value is -2.31. The van der Waals surface area contributed by atoms with Crippen LogP contribution in [0.25, 0.3) is 0 Å². The van der Waals surface area contributed by atoms with Crippen LogP contribution in [0.5, 0.6) is 0 Å². The number of benzene rings is 1. The van der Waals surface area contributed by atoms with E-state index >= 15 is 0 Å². The first-order valence-electron chi connectivity index (χ1n) is 7.96. The quantitative estimate of drug-likeness (QED) is 0.423. The lowest BCUT2D eigenvalue weighted by Crippen LogP contribution is -2.39. The fourth-order valence-electron chi connectivity index (χ4n) is 1.84. The minimum Gasteiger partial charge on any atom is -0.444 e. The molecule has 3 N–H and O–H groups in total. The number of aliphatic imine (C=N–C) groups is 1. The van der Waals surface area contributed by atoms with Crippen LogP contribution in [0.1, 0.15) is 32.8 Å². The number of alkyl carbamates (subject to hydrolysis) is 1. The Morgan fingerprint density at radius 3 is 2.46 bits per heavy atom. The van der Waals surface area contributed by atoms with E-state index in [-0.39, 0.29) is 5.82 Å². The molecule has 6 nitrogen and oxygen atoms in total. The molecule has 0 unspecified atom stereocenters. The van der Waals surface area contributed by atoms with Crippen LogP contribution in [0.15, 0.2) is 29.3 Å². The SMILES string of the molecule is CN=C(NCCCNC(=O)OC(C)(C)C)NCc1ccccc1F. The Kier molecular flexibility index (Phi) is 8.01. The highest BCUT2D eigenvalue weighted by molar-refractivity contribution is 5.79. The van der Waals surface area contributed by atoms with Gasteiger partial charge in [-0.1, -0.05) is 18.2 Å². The van der Waals surface area contributed by atoms with Crippen molar-refractivity contribution >= 4 is 12.1 Å². The van der Waals surface area contributed by atoms with Gasteiger partial charge in [0.15, 0.2) is 5.96 Å². The third-order valence-electron chi connectivity index (χ3n) is 2.94. The number of rotatable bonds is 6. The number of carbonyl (C=O) groups is 1. The zero-order valence-corrected chi connectivity index (χ0v) is 14.8. The van der Waals surface area contributed by atoms with Crippen LogP contribution in [-0.2, 0) is 11.3 Å². The summed E-state index contributed by atoms with van der Waals surface area (Å²) in [5, 5.41) is 8.83. The molecule has 0 spiro atoms. The molecule has 134 valence electrons. The van der Waals surface area contributed by atoms with E-state index in [9.17, 15) is 9.18 Å². The first-order valence-corrected chi connectivity index (χ1v) is 7.96. The number of halogens is 1. The van der Waals surface area contributed by atoms with Crippen molar-refractivity contribution in [3.8, 4) is 0 Å². The van der Waals surface area contributed by atoms with Crippen LogP contribution >= 0.6 is 0 Å². The number of amides is 1. The molecule has 0 aromatic heterocycles. The number of hydrogen-bond acceptors (Lipinski definition) is 3. The average Bonchev–Trinajstić information content (AvgIpc) is 2.49. The summed E-state index contributed by atoms with van der Waals surface area (Å²) < 4.78 is 18.7. The monoisotopic (exact) mass is 338 g/mol. The van der Waals surface area contributed by atoms with Crippen LogP contribution in [0, 0.1) is 5.82 Å². The van der Waals surface area contributed by atoms with Gasteiger partial charge in [-0.2, -0.15) is 0 Å². The maximum absolute atomic E-state index is 13.5. The van der Waals surface area contributed by atoms with E-state index in [0.717, 1.165) is 0 Å². The molecule has 1 aromatic carbocycles. The maximum atomic E-state index is 13.5. The third kappa shape index (κ3) is 8.36. The predicted octanol–water partition coefficient (Wildman–Crippen LogP) is 2.41. The molecule has 1 amide bonds. The van der Waals surface area contributed by atoms with Gasteiger partial charge in [-0.25, -0.2) is 9.18 Å². The highest BCUT2D eigenvalue weighted by Gasteiger charge is 2.15. The molecular weight excluding hydrogens is 311 g/mol. The lowest BCUT2D eigenvalue weighted by molar-refractivity contribution is 0.0527. The summed E-state index contributed by atoms with van der Waals surface area (Å²) in [5.74, 6) is 0.331. The molecule has 0 saturated carbocycles. The smallest absolute Gasteiger partial charge is 0.407 e. The number of guanidine groups is 1. The van der Waals surface area contributed by atoms with E-state index in [1.807, 2.05) is 20.8 Å². The summed E-state index contributed by atoms with van der Waals surface area (Å²) in [7, 11) is 1.65. The lowest BCUT2D eigenvalue weighted by Gasteiger charge is -2.19. The Bertz CT molecular complexity index is 556. The number of carbonyl (C=O) groups excluding carboxylic acids is 1. The summed E-state index contributed by atoms with van der Waals surface area (Å²) in [4.78, 5) is 15.6. The highest BCUT2D eigenvalue weighted by Crippen LogP contribution is 2.06. The Morgan fingerprint density at radius 1 is 1.17 bits per heavy atom. The van der Waals surface area contributed by atoms with Crippen LogP contribution < -0.4 is 16.0 Å². The molecule has 7 heteroatoms. The summed E-state index contributed by atoms with van der Waals surface area (Å²) in [5.41, 5.74) is 0.0770. The molecule has 0 aliphatic heterocycles. The zero-order valence-electron chi connectivity index (χ0n) is 14.8. The summed E-state index contributed by atoms with van der Waals surface area (Å²) in [6.07, 6.45) is 0.282. The summed E-state index contributed by atoms with van der Waals surface area (Å²) in [6, 6.07) is 6.60. The highest BCUT2D eigenvalue weighted by atomic mass is 19.1. The third-order valence-corrected chi connectivity index (χ3v) is 2.94. The summed E-state index contributed by atoms with van der Waals surface area (Å²) >= 11 is 0. The topological polar surface area (TPSA) is 74.8 Å². The Balaban J connectivity index is 2.21. The fourth-order valence-corrected chi connectivity index (χ4v) is 1.84. The van der Waals surface area contributed by atoms with Crippen LogP contribution in [0.4, 0.5) is 9.18 Å². The van der Waals surface area contributed by atoms with Crippen molar-refractivity contribution < 1.29 is 13.9 Å². The average molecular weight is 338 g/mol. The number of nitrogens with one attached hydrogen (secondary N) is 3. The van der Waals surface area contributed by atoms with E-state index in [2.05, 4.69) is 20.9 Å². The van der Waals surface area contributed by atoms with Crippen molar-refractivity contribution in [3.63, 3.8) is 0 Å². The van der Waals surface area contributed by atoms with Crippen LogP contribution in [-0.4, -0.2) is 37.8 Å². The standard InChI is InChI=1S/C17H27FN4O2/c1-17(2,3)24-16(23)21-11-7-10-20-15(19-4)22-12-13-8-5-6-9-14(13)18/h5-6,8-9H,7,10-12H2,1-4H3,(H,21,23)(H2,19,20,22). The van der Waals surface area contributed by atoms with E-state index in [0.29, 0.717) is 37.6 Å². The van der Waals surface area contributed by atoms with Gasteiger partial charge in [0.1, 0.15) is 11.4 Å². The molecule has 0 saturated heterocycles. The van der Waals surface area contributed by atoms with Crippen molar-refractivity contribution in [1.82, 2.24) is 16.0 Å². The molecule has 0 fully saturated rings. The van der Waals surface area contributed by atoms with Gasteiger partial charge < -0.3 is 20.7 Å². The van der Waals surface area contributed by atoms with Gasteiger partial charge in [-0.05, 0) is 33.3 Å². The minimum absolute atomic E-state index is 0.248. The molecular formula is C17H27FN4O2. The van der Waals surface area contributed by atoms with Gasteiger partial charge in [0, 0.05) is 32.2 Å². The second kappa shape index (κ2) is 9.75. The van der Waals surface area contributed by atoms with Gasteiger partial charge in [0.2, 0.25) is 0 Å². The van der Waals surface area contributed by atoms with E-state index < -0.39 is 11.7 Å². The minimum atomic E-state index is -0.499. The second-order valence-corrected chi connectivity index (χ2v) is 6.23. The zero-order chi connectivity index (χ0) is 18.0. The number of ether oxygens (including phenoxy) is 1. The molecule has 1 aromatic rings. The first kappa shape index (κ1) is 19.7. The Labute approximate surface area is 142 Å². The fraction of sp³-hybridized carbons (Fsp3) is 0.529. The lowest BCUT2D eigenvalue weighted by atomic mass is 10.2. The van der Waals surface area contributed by atoms with Gasteiger partial charge in [0.25, 0.3) is 0 Å².